The number of para-hydroxylation sites is 1. The zero-order valence-corrected chi connectivity index (χ0v) is 11.9. The van der Waals surface area contributed by atoms with Gasteiger partial charge < -0.3 is 10.5 Å². The third kappa shape index (κ3) is 3.72. The van der Waals surface area contributed by atoms with Crippen molar-refractivity contribution in [3.63, 3.8) is 0 Å². The summed E-state index contributed by atoms with van der Waals surface area (Å²) in [5.74, 6) is 0.910. The van der Waals surface area contributed by atoms with Gasteiger partial charge in [-0.3, -0.25) is 0 Å². The molecule has 2 N–H and O–H groups in total. The molecule has 2 rings (SSSR count). The van der Waals surface area contributed by atoms with Gasteiger partial charge in [0.15, 0.2) is 0 Å². The summed E-state index contributed by atoms with van der Waals surface area (Å²) in [4.78, 5) is 0. The highest BCUT2D eigenvalue weighted by atomic mass is 16.5. The molecule has 0 saturated heterocycles. The van der Waals surface area contributed by atoms with Crippen LogP contribution in [0, 0.1) is 0 Å². The second kappa shape index (κ2) is 7.51. The van der Waals surface area contributed by atoms with Crippen LogP contribution in [-0.4, -0.2) is 6.54 Å². The van der Waals surface area contributed by atoms with Gasteiger partial charge in [-0.05, 0) is 37.1 Å². The SMILES string of the molecule is C/C=C/c1ccccc1OCc1ccccc1CCN. The van der Waals surface area contributed by atoms with E-state index in [4.69, 9.17) is 10.5 Å². The van der Waals surface area contributed by atoms with Crippen molar-refractivity contribution >= 4 is 6.08 Å². The Labute approximate surface area is 120 Å². The van der Waals surface area contributed by atoms with Crippen molar-refractivity contribution in [3.05, 3.63) is 71.3 Å². The van der Waals surface area contributed by atoms with E-state index in [0.29, 0.717) is 13.2 Å². The maximum absolute atomic E-state index is 5.97. The predicted octanol–water partition coefficient (Wildman–Crippen LogP) is 3.80. The predicted molar refractivity (Wildman–Crippen MR) is 84.7 cm³/mol. The molecule has 0 bridgehead atoms. The van der Waals surface area contributed by atoms with Crippen molar-refractivity contribution in [3.8, 4) is 5.75 Å². The molecular formula is C18H21NO. The lowest BCUT2D eigenvalue weighted by atomic mass is 10.1. The molecule has 0 heterocycles. The van der Waals surface area contributed by atoms with E-state index >= 15 is 0 Å². The first-order valence-corrected chi connectivity index (χ1v) is 6.96. The normalized spacial score (nSPS) is 10.9. The summed E-state index contributed by atoms with van der Waals surface area (Å²) < 4.78 is 5.97. The van der Waals surface area contributed by atoms with Gasteiger partial charge >= 0.3 is 0 Å². The first-order valence-electron chi connectivity index (χ1n) is 6.96. The summed E-state index contributed by atoms with van der Waals surface area (Å²) in [6, 6.07) is 16.4. The molecule has 0 unspecified atom stereocenters. The molecule has 0 fully saturated rings. The van der Waals surface area contributed by atoms with Crippen LogP contribution in [0.25, 0.3) is 6.08 Å². The quantitative estimate of drug-likeness (QED) is 0.864. The second-order valence-electron chi connectivity index (χ2n) is 4.63. The number of hydrogen-bond acceptors (Lipinski definition) is 2. The molecule has 2 aromatic rings. The van der Waals surface area contributed by atoms with E-state index in [1.54, 1.807) is 0 Å². The van der Waals surface area contributed by atoms with E-state index in [1.807, 2.05) is 43.3 Å². The van der Waals surface area contributed by atoms with Gasteiger partial charge in [0.05, 0.1) is 0 Å². The zero-order chi connectivity index (χ0) is 14.2. The van der Waals surface area contributed by atoms with Gasteiger partial charge in [-0.25, -0.2) is 0 Å². The summed E-state index contributed by atoms with van der Waals surface area (Å²) >= 11 is 0. The average molecular weight is 267 g/mol. The standard InChI is InChI=1S/C18H21NO/c1-2-7-16-9-5-6-11-18(16)20-14-17-10-4-3-8-15(17)12-13-19/h2-11H,12-14,19H2,1H3/b7-2+. The second-order valence-corrected chi connectivity index (χ2v) is 4.63. The fraction of sp³-hybridized carbons (Fsp3) is 0.222. The summed E-state index contributed by atoms with van der Waals surface area (Å²) in [6.07, 6.45) is 4.96. The van der Waals surface area contributed by atoms with Gasteiger partial charge in [0.1, 0.15) is 12.4 Å². The molecule has 0 atom stereocenters. The van der Waals surface area contributed by atoms with Gasteiger partial charge in [-0.1, -0.05) is 54.6 Å². The molecule has 0 aliphatic carbocycles. The molecule has 2 nitrogen and oxygen atoms in total. The largest absolute Gasteiger partial charge is 0.488 e. The van der Waals surface area contributed by atoms with E-state index in [2.05, 4.69) is 24.3 Å². The third-order valence-corrected chi connectivity index (χ3v) is 3.18. The Balaban J connectivity index is 2.13. The highest BCUT2D eigenvalue weighted by Crippen LogP contribution is 2.21. The highest BCUT2D eigenvalue weighted by Gasteiger charge is 2.04. The lowest BCUT2D eigenvalue weighted by molar-refractivity contribution is 0.304. The van der Waals surface area contributed by atoms with Crippen molar-refractivity contribution in [1.29, 1.82) is 0 Å². The van der Waals surface area contributed by atoms with Gasteiger partial charge in [-0.15, -0.1) is 0 Å². The summed E-state index contributed by atoms with van der Waals surface area (Å²) in [5.41, 5.74) is 9.22. The van der Waals surface area contributed by atoms with Crippen molar-refractivity contribution in [2.45, 2.75) is 20.0 Å². The molecular weight excluding hydrogens is 246 g/mol. The zero-order valence-electron chi connectivity index (χ0n) is 11.9. The molecule has 0 radical (unpaired) electrons. The van der Waals surface area contributed by atoms with E-state index < -0.39 is 0 Å². The van der Waals surface area contributed by atoms with Crippen LogP contribution in [0.5, 0.6) is 5.75 Å². The Morgan fingerprint density at radius 2 is 1.70 bits per heavy atom. The van der Waals surface area contributed by atoms with Crippen molar-refractivity contribution in [1.82, 2.24) is 0 Å². The minimum atomic E-state index is 0.574. The van der Waals surface area contributed by atoms with Crippen LogP contribution < -0.4 is 10.5 Å². The van der Waals surface area contributed by atoms with Crippen molar-refractivity contribution in [2.24, 2.45) is 5.73 Å². The molecule has 20 heavy (non-hydrogen) atoms. The molecule has 0 amide bonds. The van der Waals surface area contributed by atoms with Gasteiger partial charge in [0, 0.05) is 5.56 Å². The number of ether oxygens (including phenoxy) is 1. The van der Waals surface area contributed by atoms with Crippen LogP contribution in [0.1, 0.15) is 23.6 Å². The Hall–Kier alpha value is -2.06. The minimum absolute atomic E-state index is 0.574. The monoisotopic (exact) mass is 267 g/mol. The highest BCUT2D eigenvalue weighted by molar-refractivity contribution is 5.56. The molecule has 0 spiro atoms. The fourth-order valence-electron chi connectivity index (χ4n) is 2.18. The molecule has 0 aliphatic rings. The van der Waals surface area contributed by atoms with Crippen molar-refractivity contribution in [2.75, 3.05) is 6.54 Å². The average Bonchev–Trinajstić information content (AvgIpc) is 2.48. The van der Waals surface area contributed by atoms with E-state index in [0.717, 1.165) is 17.7 Å². The first-order chi connectivity index (χ1) is 9.85. The molecule has 2 aromatic carbocycles. The Kier molecular flexibility index (Phi) is 5.39. The lowest BCUT2D eigenvalue weighted by Crippen LogP contribution is -2.07. The number of hydrogen-bond donors (Lipinski definition) is 1. The minimum Gasteiger partial charge on any atom is -0.488 e. The van der Waals surface area contributed by atoms with Gasteiger partial charge in [-0.2, -0.15) is 0 Å². The van der Waals surface area contributed by atoms with Crippen LogP contribution in [0.4, 0.5) is 0 Å². The van der Waals surface area contributed by atoms with Crippen molar-refractivity contribution < 1.29 is 4.74 Å². The molecule has 0 aromatic heterocycles. The lowest BCUT2D eigenvalue weighted by Gasteiger charge is -2.12. The van der Waals surface area contributed by atoms with Crippen LogP contribution in [-0.2, 0) is 13.0 Å². The number of nitrogens with two attached hydrogens (primary N) is 1. The van der Waals surface area contributed by atoms with Gasteiger partial charge in [0.2, 0.25) is 0 Å². The van der Waals surface area contributed by atoms with Crippen LogP contribution in [0.15, 0.2) is 54.6 Å². The van der Waals surface area contributed by atoms with E-state index in [-0.39, 0.29) is 0 Å². The smallest absolute Gasteiger partial charge is 0.127 e. The summed E-state index contributed by atoms with van der Waals surface area (Å²) in [5, 5.41) is 0. The number of rotatable bonds is 6. The third-order valence-electron chi connectivity index (χ3n) is 3.18. The van der Waals surface area contributed by atoms with Crippen LogP contribution in [0.3, 0.4) is 0 Å². The fourth-order valence-corrected chi connectivity index (χ4v) is 2.18. The van der Waals surface area contributed by atoms with Crippen LogP contribution >= 0.6 is 0 Å². The van der Waals surface area contributed by atoms with E-state index in [1.165, 1.54) is 11.1 Å². The topological polar surface area (TPSA) is 35.2 Å². The van der Waals surface area contributed by atoms with E-state index in [9.17, 15) is 0 Å². The maximum atomic E-state index is 5.97. The Bertz CT molecular complexity index is 575. The molecule has 104 valence electrons. The molecule has 0 saturated carbocycles. The Morgan fingerprint density at radius 3 is 2.45 bits per heavy atom. The van der Waals surface area contributed by atoms with Crippen LogP contribution in [0.2, 0.25) is 0 Å². The summed E-state index contributed by atoms with van der Waals surface area (Å²) in [7, 11) is 0. The first kappa shape index (κ1) is 14.4. The molecule has 2 heteroatoms. The maximum Gasteiger partial charge on any atom is 0.127 e. The van der Waals surface area contributed by atoms with Gasteiger partial charge in [0.25, 0.3) is 0 Å². The Morgan fingerprint density at radius 1 is 1.00 bits per heavy atom. The molecule has 0 aliphatic heterocycles. The number of benzene rings is 2. The summed E-state index contributed by atoms with van der Waals surface area (Å²) in [6.45, 7) is 3.24. The number of allylic oxidation sites excluding steroid dienone is 1.